The fraction of sp³-hybridized carbons (Fsp3) is 0.625. The van der Waals surface area contributed by atoms with E-state index in [2.05, 4.69) is 52.8 Å². The molecule has 0 radical (unpaired) electrons. The van der Waals surface area contributed by atoms with Crippen LogP contribution in [-0.4, -0.2) is 5.11 Å². The van der Waals surface area contributed by atoms with Crippen LogP contribution in [0.5, 0.6) is 0 Å². The lowest BCUT2D eigenvalue weighted by molar-refractivity contribution is 0.0783. The van der Waals surface area contributed by atoms with Crippen molar-refractivity contribution in [3.63, 3.8) is 0 Å². The van der Waals surface area contributed by atoms with Crippen LogP contribution in [-0.2, 0) is 11.0 Å². The first-order valence-corrected chi connectivity index (χ1v) is 6.40. The average Bonchev–Trinajstić information content (AvgIpc) is 2.14. The predicted octanol–water partition coefficient (Wildman–Crippen LogP) is 4.33. The molecular formula is C16H26O. The fourth-order valence-electron chi connectivity index (χ4n) is 1.77. The van der Waals surface area contributed by atoms with E-state index < -0.39 is 5.60 Å². The Hall–Kier alpha value is -0.820. The van der Waals surface area contributed by atoms with Crippen LogP contribution in [0.3, 0.4) is 0 Å². The van der Waals surface area contributed by atoms with Crippen LogP contribution < -0.4 is 0 Å². The molecule has 0 unspecified atom stereocenters. The van der Waals surface area contributed by atoms with Crippen LogP contribution in [0.25, 0.3) is 0 Å². The van der Waals surface area contributed by atoms with Gasteiger partial charge in [0.15, 0.2) is 0 Å². The Morgan fingerprint density at radius 1 is 0.882 bits per heavy atom. The molecule has 1 N–H and O–H groups in total. The van der Waals surface area contributed by atoms with Gasteiger partial charge in [-0.2, -0.15) is 0 Å². The average molecular weight is 234 g/mol. The standard InChI is InChI=1S/C16H26O/c1-11(2)12-8-13(15(3,4)5)10-14(9-12)16(6,7)17/h8-11,17H,1-7H3. The van der Waals surface area contributed by atoms with Crippen LogP contribution in [0.15, 0.2) is 18.2 Å². The molecule has 0 saturated heterocycles. The van der Waals surface area contributed by atoms with E-state index in [1.54, 1.807) is 0 Å². The van der Waals surface area contributed by atoms with Crippen molar-refractivity contribution in [3.05, 3.63) is 34.9 Å². The Morgan fingerprint density at radius 2 is 1.35 bits per heavy atom. The highest BCUT2D eigenvalue weighted by Crippen LogP contribution is 2.31. The lowest BCUT2D eigenvalue weighted by atomic mass is 9.81. The highest BCUT2D eigenvalue weighted by molar-refractivity contribution is 5.37. The number of hydrogen-bond acceptors (Lipinski definition) is 1. The van der Waals surface area contributed by atoms with Crippen LogP contribution in [0.4, 0.5) is 0 Å². The second kappa shape index (κ2) is 4.45. The zero-order valence-electron chi connectivity index (χ0n) is 12.3. The van der Waals surface area contributed by atoms with Crippen molar-refractivity contribution < 1.29 is 5.11 Å². The molecular weight excluding hydrogens is 208 g/mol. The Balaban J connectivity index is 3.40. The van der Waals surface area contributed by atoms with Gasteiger partial charge >= 0.3 is 0 Å². The van der Waals surface area contributed by atoms with E-state index in [0.29, 0.717) is 5.92 Å². The number of hydrogen-bond donors (Lipinski definition) is 1. The zero-order chi connectivity index (χ0) is 13.4. The van der Waals surface area contributed by atoms with Crippen LogP contribution >= 0.6 is 0 Å². The maximum atomic E-state index is 10.2. The van der Waals surface area contributed by atoms with E-state index in [1.165, 1.54) is 11.1 Å². The summed E-state index contributed by atoms with van der Waals surface area (Å²) in [5.74, 6) is 0.485. The molecule has 1 rings (SSSR count). The van der Waals surface area contributed by atoms with Crippen molar-refractivity contribution in [1.29, 1.82) is 0 Å². The molecule has 0 atom stereocenters. The van der Waals surface area contributed by atoms with Crippen LogP contribution in [0, 0.1) is 0 Å². The van der Waals surface area contributed by atoms with Crippen molar-refractivity contribution >= 4 is 0 Å². The number of benzene rings is 1. The topological polar surface area (TPSA) is 20.2 Å². The Labute approximate surface area is 106 Å². The van der Waals surface area contributed by atoms with Crippen molar-refractivity contribution in [2.45, 2.75) is 65.4 Å². The molecule has 0 heterocycles. The monoisotopic (exact) mass is 234 g/mol. The normalized spacial score (nSPS) is 13.2. The second-order valence-corrected chi connectivity index (χ2v) is 6.81. The molecule has 1 heteroatoms. The van der Waals surface area contributed by atoms with Crippen molar-refractivity contribution in [2.24, 2.45) is 0 Å². The summed E-state index contributed by atoms with van der Waals surface area (Å²) in [6.07, 6.45) is 0. The van der Waals surface area contributed by atoms with Gasteiger partial charge in [-0.1, -0.05) is 52.8 Å². The van der Waals surface area contributed by atoms with Gasteiger partial charge in [-0.15, -0.1) is 0 Å². The number of rotatable bonds is 2. The summed E-state index contributed by atoms with van der Waals surface area (Å²) in [4.78, 5) is 0. The van der Waals surface area contributed by atoms with Gasteiger partial charge in [0.2, 0.25) is 0 Å². The predicted molar refractivity (Wildman–Crippen MR) is 74.5 cm³/mol. The maximum Gasteiger partial charge on any atom is 0.0840 e. The first-order chi connectivity index (χ1) is 7.51. The second-order valence-electron chi connectivity index (χ2n) is 6.81. The molecule has 0 amide bonds. The smallest absolute Gasteiger partial charge is 0.0840 e. The molecule has 0 aliphatic heterocycles. The Kier molecular flexibility index (Phi) is 3.73. The quantitative estimate of drug-likeness (QED) is 0.807. The minimum absolute atomic E-state index is 0.116. The van der Waals surface area contributed by atoms with E-state index in [-0.39, 0.29) is 5.41 Å². The fourth-order valence-corrected chi connectivity index (χ4v) is 1.77. The largest absolute Gasteiger partial charge is 0.386 e. The van der Waals surface area contributed by atoms with E-state index in [0.717, 1.165) is 5.56 Å². The van der Waals surface area contributed by atoms with E-state index in [4.69, 9.17) is 0 Å². The lowest BCUT2D eigenvalue weighted by Crippen LogP contribution is -2.19. The molecule has 0 bridgehead atoms. The maximum absolute atomic E-state index is 10.2. The molecule has 1 nitrogen and oxygen atoms in total. The van der Waals surface area contributed by atoms with Crippen molar-refractivity contribution in [2.75, 3.05) is 0 Å². The SMILES string of the molecule is CC(C)c1cc(C(C)(C)C)cc(C(C)(C)O)c1. The third kappa shape index (κ3) is 3.57. The van der Waals surface area contributed by atoms with Gasteiger partial charge in [0.1, 0.15) is 0 Å². The number of aliphatic hydroxyl groups is 1. The summed E-state index contributed by atoms with van der Waals surface area (Å²) >= 11 is 0. The summed E-state index contributed by atoms with van der Waals surface area (Å²) in [5, 5.41) is 10.2. The minimum Gasteiger partial charge on any atom is -0.386 e. The third-order valence-electron chi connectivity index (χ3n) is 3.19. The van der Waals surface area contributed by atoms with E-state index >= 15 is 0 Å². The molecule has 0 fully saturated rings. The van der Waals surface area contributed by atoms with E-state index in [9.17, 15) is 5.11 Å². The molecule has 0 aliphatic carbocycles. The molecule has 1 aromatic rings. The summed E-state index contributed by atoms with van der Waals surface area (Å²) < 4.78 is 0. The highest BCUT2D eigenvalue weighted by atomic mass is 16.3. The molecule has 0 aromatic heterocycles. The van der Waals surface area contributed by atoms with Gasteiger partial charge in [-0.05, 0) is 41.9 Å². The van der Waals surface area contributed by atoms with Crippen molar-refractivity contribution in [3.8, 4) is 0 Å². The van der Waals surface area contributed by atoms with Gasteiger partial charge in [0.05, 0.1) is 5.60 Å². The minimum atomic E-state index is -0.773. The molecule has 0 saturated carbocycles. The van der Waals surface area contributed by atoms with Crippen molar-refractivity contribution in [1.82, 2.24) is 0 Å². The van der Waals surface area contributed by atoms with Gasteiger partial charge in [-0.25, -0.2) is 0 Å². The van der Waals surface area contributed by atoms with Gasteiger partial charge in [-0.3, -0.25) is 0 Å². The molecule has 1 aromatic carbocycles. The summed E-state index contributed by atoms with van der Waals surface area (Å²) in [6.45, 7) is 14.7. The van der Waals surface area contributed by atoms with Gasteiger partial charge < -0.3 is 5.11 Å². The lowest BCUT2D eigenvalue weighted by Gasteiger charge is -2.26. The van der Waals surface area contributed by atoms with Crippen LogP contribution in [0.1, 0.15) is 71.1 Å². The molecule has 0 aliphatic rings. The van der Waals surface area contributed by atoms with Gasteiger partial charge in [0.25, 0.3) is 0 Å². The van der Waals surface area contributed by atoms with Crippen LogP contribution in [0.2, 0.25) is 0 Å². The first-order valence-electron chi connectivity index (χ1n) is 6.40. The molecule has 96 valence electrons. The highest BCUT2D eigenvalue weighted by Gasteiger charge is 2.22. The molecule has 17 heavy (non-hydrogen) atoms. The summed E-state index contributed by atoms with van der Waals surface area (Å²) in [7, 11) is 0. The molecule has 0 spiro atoms. The van der Waals surface area contributed by atoms with E-state index in [1.807, 2.05) is 13.8 Å². The van der Waals surface area contributed by atoms with Gasteiger partial charge in [0, 0.05) is 0 Å². The first kappa shape index (κ1) is 14.2. The zero-order valence-corrected chi connectivity index (χ0v) is 12.3. The summed E-state index contributed by atoms with van der Waals surface area (Å²) in [6, 6.07) is 6.52. The Morgan fingerprint density at radius 3 is 1.71 bits per heavy atom. The summed E-state index contributed by atoms with van der Waals surface area (Å²) in [5.41, 5.74) is 2.94. The Bertz CT molecular complexity index is 357. The third-order valence-corrected chi connectivity index (χ3v) is 3.19.